The van der Waals surface area contributed by atoms with Crippen molar-refractivity contribution in [2.45, 2.75) is 120 Å². The number of carbonyl (C=O) groups is 2. The van der Waals surface area contributed by atoms with Crippen molar-refractivity contribution in [1.29, 1.82) is 0 Å². The average molecular weight is 587 g/mol. The predicted molar refractivity (Wildman–Crippen MR) is 150 cm³/mol. The van der Waals surface area contributed by atoms with Gasteiger partial charge in [-0.1, -0.05) is 7.43 Å². The molecule has 3 atom stereocenters. The van der Waals surface area contributed by atoms with E-state index in [4.69, 9.17) is 10.5 Å². The number of amides is 1. The second-order valence-corrected chi connectivity index (χ2v) is 23.0. The van der Waals surface area contributed by atoms with E-state index in [1.54, 1.807) is 13.0 Å². The summed E-state index contributed by atoms with van der Waals surface area (Å²) in [5.74, 6) is -0.458. The molecule has 0 spiro atoms. The van der Waals surface area contributed by atoms with E-state index >= 15 is 0 Å². The second kappa shape index (κ2) is 20.4. The van der Waals surface area contributed by atoms with Crippen molar-refractivity contribution in [2.75, 3.05) is 6.54 Å². The van der Waals surface area contributed by atoms with E-state index in [2.05, 4.69) is 36.3 Å². The third-order valence-corrected chi connectivity index (χ3v) is 20.5. The van der Waals surface area contributed by atoms with Crippen molar-refractivity contribution in [3.63, 3.8) is 0 Å². The van der Waals surface area contributed by atoms with Gasteiger partial charge in [-0.05, 0) is 6.92 Å². The molecular weight excluding hydrogens is 531 g/mol. The molecule has 3 N–H and O–H groups in total. The van der Waals surface area contributed by atoms with E-state index in [0.29, 0.717) is 6.54 Å². The van der Waals surface area contributed by atoms with Crippen LogP contribution in [-0.2, 0) is 14.3 Å². The molecule has 34 heavy (non-hydrogen) atoms. The van der Waals surface area contributed by atoms with E-state index in [0.717, 1.165) is 0 Å². The van der Waals surface area contributed by atoms with Crippen LogP contribution in [0.5, 0.6) is 0 Å². The molecule has 1 amide bonds. The van der Waals surface area contributed by atoms with Crippen molar-refractivity contribution in [1.82, 2.24) is 5.32 Å². The van der Waals surface area contributed by atoms with Crippen LogP contribution in [0.25, 0.3) is 0 Å². The molecule has 0 aromatic rings. The molecule has 5 nitrogen and oxygen atoms in total. The van der Waals surface area contributed by atoms with Crippen molar-refractivity contribution < 1.29 is 14.3 Å². The number of hydrogen-bond donors (Lipinski definition) is 2. The van der Waals surface area contributed by atoms with Gasteiger partial charge in [0.15, 0.2) is 0 Å². The van der Waals surface area contributed by atoms with Gasteiger partial charge in [-0.3, -0.25) is 0 Å². The molecule has 0 aliphatic rings. The molecular formula is C28H56N2O3Sn. The minimum atomic E-state index is -2.29. The van der Waals surface area contributed by atoms with Crippen LogP contribution in [-0.4, -0.2) is 48.9 Å². The number of carbonyl (C=O) groups excluding carboxylic acids is 2. The fourth-order valence-corrected chi connectivity index (χ4v) is 18.6. The zero-order valence-electron chi connectivity index (χ0n) is 22.5. The van der Waals surface area contributed by atoms with Crippen LogP contribution in [0.3, 0.4) is 0 Å². The molecule has 0 aromatic carbocycles. The van der Waals surface area contributed by atoms with Crippen LogP contribution in [0.15, 0.2) is 22.3 Å². The van der Waals surface area contributed by atoms with Gasteiger partial charge in [0.05, 0.1) is 0 Å². The second-order valence-electron chi connectivity index (χ2n) is 9.97. The molecule has 6 heteroatoms. The molecule has 0 unspecified atom stereocenters. The normalized spacial score (nSPS) is 14.7. The first-order valence-electron chi connectivity index (χ1n) is 13.2. The summed E-state index contributed by atoms with van der Waals surface area (Å²) in [6, 6.07) is -0.651. The fourth-order valence-electron chi connectivity index (χ4n) is 4.18. The Morgan fingerprint density at radius 1 is 0.941 bits per heavy atom. The molecule has 0 aromatic heterocycles. The van der Waals surface area contributed by atoms with Crippen LogP contribution in [0, 0.1) is 11.8 Å². The maximum atomic E-state index is 12.4. The molecule has 200 valence electrons. The number of hydrogen-bond acceptors (Lipinski definition) is 4. The Hall–Kier alpha value is -0.821. The van der Waals surface area contributed by atoms with Crippen LogP contribution in [0.1, 0.15) is 94.4 Å². The number of unbranched alkanes of at least 4 members (excludes halogenated alkanes) is 3. The Bertz CT molecular complexity index is 581. The number of rotatable bonds is 18. The van der Waals surface area contributed by atoms with E-state index in [1.165, 1.54) is 51.8 Å². The minimum absolute atomic E-state index is 0. The van der Waals surface area contributed by atoms with Gasteiger partial charge in [-0.2, -0.15) is 0 Å². The summed E-state index contributed by atoms with van der Waals surface area (Å²) in [5.41, 5.74) is 5.63. The Balaban J connectivity index is 0. The Kier molecular flexibility index (Phi) is 21.2. The summed E-state index contributed by atoms with van der Waals surface area (Å²) in [6.45, 7) is 15.0. The van der Waals surface area contributed by atoms with Crippen LogP contribution in [0.2, 0.25) is 13.3 Å². The summed E-state index contributed by atoms with van der Waals surface area (Å²) in [7, 11) is 0. The van der Waals surface area contributed by atoms with E-state index < -0.39 is 30.4 Å². The van der Waals surface area contributed by atoms with E-state index in [-0.39, 0.29) is 31.3 Å². The standard InChI is InChI=1S/C15H25N2O3.3C4H9.CH4.Sn/c1-6-9-17-13(18)8-7-11(4)14(10(2)3)20-15(19)12(5)16;3*1-3-4-2;;/h1,6-8,10-12,14H,9,16H2,2-5H3,(H,17,18);3*1,3-4H2,2H3;1H4;/b6-1?,8-7+;;;;;/t11-,12-,14-;;;;;/m1...../s1. The molecule has 0 saturated carbocycles. The third-order valence-electron chi connectivity index (χ3n) is 6.30. The van der Waals surface area contributed by atoms with Crippen LogP contribution >= 0.6 is 0 Å². The first-order valence-corrected chi connectivity index (χ1v) is 20.9. The van der Waals surface area contributed by atoms with E-state index in [1.807, 2.05) is 26.8 Å². The van der Waals surface area contributed by atoms with Gasteiger partial charge in [0.25, 0.3) is 0 Å². The van der Waals surface area contributed by atoms with Crippen molar-refractivity contribution >= 4 is 30.3 Å². The number of esters is 1. The summed E-state index contributed by atoms with van der Waals surface area (Å²) in [4.78, 5) is 24.3. The Morgan fingerprint density at radius 2 is 1.44 bits per heavy atom. The number of nitrogens with two attached hydrogens (primary N) is 1. The number of ether oxygens (including phenoxy) is 1. The molecule has 0 rings (SSSR count). The molecule has 0 saturated heterocycles. The SMILES string of the molecule is C.CCC[CH2][Sn](/[CH]=C/CNC(=O)/C=C/[C@@H](C)[C@H](OC(=O)[C@@H](C)N)C(C)C)([CH2]CCC)[CH2]CCC. The molecule has 0 radical (unpaired) electrons. The van der Waals surface area contributed by atoms with E-state index in [9.17, 15) is 9.59 Å². The maximum absolute atomic E-state index is 12.4. The monoisotopic (exact) mass is 588 g/mol. The zero-order valence-corrected chi connectivity index (χ0v) is 25.3. The Labute approximate surface area is 215 Å². The van der Waals surface area contributed by atoms with Crippen LogP contribution < -0.4 is 11.1 Å². The summed E-state index contributed by atoms with van der Waals surface area (Å²) in [6.07, 6.45) is 13.1. The molecule has 0 aliphatic carbocycles. The molecule has 0 aliphatic heterocycles. The van der Waals surface area contributed by atoms with Gasteiger partial charge in [-0.25, -0.2) is 0 Å². The predicted octanol–water partition coefficient (Wildman–Crippen LogP) is 6.79. The average Bonchev–Trinajstić information content (AvgIpc) is 2.78. The van der Waals surface area contributed by atoms with Crippen molar-refractivity contribution in [3.8, 4) is 0 Å². The van der Waals surface area contributed by atoms with Crippen molar-refractivity contribution in [3.05, 3.63) is 22.3 Å². The summed E-state index contributed by atoms with van der Waals surface area (Å²) < 4.78 is 12.4. The first-order chi connectivity index (χ1) is 15.6. The first kappa shape index (κ1) is 35.3. The molecule has 0 heterocycles. The van der Waals surface area contributed by atoms with Crippen LogP contribution in [0.4, 0.5) is 0 Å². The molecule has 0 fully saturated rings. The zero-order chi connectivity index (χ0) is 25.3. The quantitative estimate of drug-likeness (QED) is 0.105. The summed E-state index contributed by atoms with van der Waals surface area (Å²) in [5, 5.41) is 3.00. The summed E-state index contributed by atoms with van der Waals surface area (Å²) >= 11 is -2.29. The van der Waals surface area contributed by atoms with Gasteiger partial charge in [0.2, 0.25) is 0 Å². The van der Waals surface area contributed by atoms with Gasteiger partial charge in [0, 0.05) is 0 Å². The van der Waals surface area contributed by atoms with Gasteiger partial charge in [-0.15, -0.1) is 0 Å². The topological polar surface area (TPSA) is 81.4 Å². The van der Waals surface area contributed by atoms with Gasteiger partial charge in [0.1, 0.15) is 0 Å². The van der Waals surface area contributed by atoms with Gasteiger partial charge >= 0.3 is 196 Å². The Morgan fingerprint density at radius 3 is 1.85 bits per heavy atom. The van der Waals surface area contributed by atoms with Crippen molar-refractivity contribution in [2.24, 2.45) is 17.6 Å². The fraction of sp³-hybridized carbons (Fsp3) is 0.786. The van der Waals surface area contributed by atoms with Gasteiger partial charge < -0.3 is 5.73 Å². The third kappa shape index (κ3) is 15.2. The number of nitrogens with one attached hydrogen (secondary N) is 1. The molecule has 0 bridgehead atoms.